The molecule has 1 aromatic heterocycles. The predicted octanol–water partition coefficient (Wildman–Crippen LogP) is 4.23. The Morgan fingerprint density at radius 3 is 2.33 bits per heavy atom. The SMILES string of the molecule is CN1c2c(nn(-c3ccc(Cl)cc3Cl)c2-c2ccc(Cl)cc2)C(N2CCNCC2)CS1(=O)=O. The molecule has 2 aliphatic heterocycles. The summed E-state index contributed by atoms with van der Waals surface area (Å²) in [5.74, 6) is -0.0259. The molecule has 1 unspecified atom stereocenters. The molecule has 0 bridgehead atoms. The second-order valence-corrected chi connectivity index (χ2v) is 11.5. The van der Waals surface area contributed by atoms with Gasteiger partial charge in [0.05, 0.1) is 28.2 Å². The molecule has 11 heteroatoms. The zero-order chi connectivity index (χ0) is 23.3. The lowest BCUT2D eigenvalue weighted by molar-refractivity contribution is 0.183. The van der Waals surface area contributed by atoms with Crippen molar-refractivity contribution in [2.24, 2.45) is 0 Å². The summed E-state index contributed by atoms with van der Waals surface area (Å²) in [5, 5.41) is 9.81. The number of benzene rings is 2. The van der Waals surface area contributed by atoms with Crippen LogP contribution < -0.4 is 9.62 Å². The van der Waals surface area contributed by atoms with Gasteiger partial charge in [0.15, 0.2) is 0 Å². The molecule has 0 aliphatic carbocycles. The normalized spacial score (nSPS) is 20.6. The Balaban J connectivity index is 1.79. The highest BCUT2D eigenvalue weighted by atomic mass is 35.5. The molecule has 5 rings (SSSR count). The molecule has 1 fully saturated rings. The van der Waals surface area contributed by atoms with Crippen LogP contribution in [0.1, 0.15) is 11.7 Å². The molecule has 1 atom stereocenters. The molecular weight excluding hydrogens is 505 g/mol. The minimum Gasteiger partial charge on any atom is -0.314 e. The number of sulfonamides is 1. The van der Waals surface area contributed by atoms with Gasteiger partial charge >= 0.3 is 0 Å². The number of hydrogen-bond acceptors (Lipinski definition) is 5. The number of nitrogens with zero attached hydrogens (tertiary/aromatic N) is 4. The molecule has 3 aromatic rings. The van der Waals surface area contributed by atoms with E-state index < -0.39 is 10.0 Å². The van der Waals surface area contributed by atoms with Gasteiger partial charge in [-0.3, -0.25) is 9.21 Å². The van der Waals surface area contributed by atoms with Crippen LogP contribution in [0.15, 0.2) is 42.5 Å². The van der Waals surface area contributed by atoms with E-state index in [1.54, 1.807) is 42.1 Å². The number of fused-ring (bicyclic) bond motifs is 1. The molecule has 3 heterocycles. The Bertz CT molecular complexity index is 1300. The zero-order valence-corrected chi connectivity index (χ0v) is 20.9. The lowest BCUT2D eigenvalue weighted by atomic mass is 10.1. The van der Waals surface area contributed by atoms with Crippen molar-refractivity contribution < 1.29 is 8.42 Å². The second-order valence-electron chi connectivity index (χ2n) is 8.14. The second kappa shape index (κ2) is 8.76. The maximum atomic E-state index is 13.3. The first-order chi connectivity index (χ1) is 15.8. The van der Waals surface area contributed by atoms with E-state index >= 15 is 0 Å². The fraction of sp³-hybridized carbons (Fsp3) is 0.318. The number of piperazine rings is 1. The van der Waals surface area contributed by atoms with Crippen LogP contribution in [0, 0.1) is 0 Å². The van der Waals surface area contributed by atoms with Gasteiger partial charge in [0.1, 0.15) is 11.4 Å². The largest absolute Gasteiger partial charge is 0.314 e. The van der Waals surface area contributed by atoms with E-state index in [2.05, 4.69) is 10.2 Å². The maximum absolute atomic E-state index is 13.3. The van der Waals surface area contributed by atoms with E-state index in [0.29, 0.717) is 37.8 Å². The van der Waals surface area contributed by atoms with E-state index in [4.69, 9.17) is 39.9 Å². The number of aromatic nitrogens is 2. The Kier molecular flexibility index (Phi) is 6.09. The fourth-order valence-corrected chi connectivity index (χ4v) is 6.52. The average molecular weight is 527 g/mol. The van der Waals surface area contributed by atoms with Crippen molar-refractivity contribution >= 4 is 50.5 Å². The van der Waals surface area contributed by atoms with Crippen LogP contribution >= 0.6 is 34.8 Å². The Morgan fingerprint density at radius 1 is 1.00 bits per heavy atom. The highest BCUT2D eigenvalue weighted by Gasteiger charge is 2.42. The van der Waals surface area contributed by atoms with Crippen molar-refractivity contribution in [1.82, 2.24) is 20.0 Å². The molecule has 174 valence electrons. The van der Waals surface area contributed by atoms with Crippen LogP contribution in [0.2, 0.25) is 15.1 Å². The third-order valence-electron chi connectivity index (χ3n) is 6.15. The van der Waals surface area contributed by atoms with Gasteiger partial charge in [-0.25, -0.2) is 13.1 Å². The quantitative estimate of drug-likeness (QED) is 0.553. The fourth-order valence-electron chi connectivity index (χ4n) is 4.46. The van der Waals surface area contributed by atoms with Crippen molar-refractivity contribution in [2.75, 3.05) is 43.3 Å². The van der Waals surface area contributed by atoms with E-state index in [1.807, 2.05) is 12.1 Å². The average Bonchev–Trinajstić information content (AvgIpc) is 3.18. The first-order valence-electron chi connectivity index (χ1n) is 10.5. The predicted molar refractivity (Wildman–Crippen MR) is 133 cm³/mol. The monoisotopic (exact) mass is 525 g/mol. The molecule has 2 aromatic carbocycles. The van der Waals surface area contributed by atoms with Crippen LogP contribution in [0.25, 0.3) is 16.9 Å². The molecular formula is C22H22Cl3N5O2S. The third kappa shape index (κ3) is 4.13. The van der Waals surface area contributed by atoms with Crippen LogP contribution in [0.3, 0.4) is 0 Å². The number of anilines is 1. The van der Waals surface area contributed by atoms with Gasteiger partial charge in [0, 0.05) is 48.8 Å². The molecule has 1 N–H and O–H groups in total. The first kappa shape index (κ1) is 23.0. The Hall–Kier alpha value is -1.81. The molecule has 0 radical (unpaired) electrons. The maximum Gasteiger partial charge on any atom is 0.236 e. The summed E-state index contributed by atoms with van der Waals surface area (Å²) in [5.41, 5.74) is 3.30. The number of halogens is 3. The van der Waals surface area contributed by atoms with Crippen molar-refractivity contribution in [3.63, 3.8) is 0 Å². The van der Waals surface area contributed by atoms with E-state index in [-0.39, 0.29) is 11.8 Å². The molecule has 0 saturated carbocycles. The van der Waals surface area contributed by atoms with Crippen LogP contribution in [0.4, 0.5) is 5.69 Å². The van der Waals surface area contributed by atoms with E-state index in [9.17, 15) is 8.42 Å². The molecule has 0 amide bonds. The van der Waals surface area contributed by atoms with Gasteiger partial charge in [-0.15, -0.1) is 0 Å². The number of nitrogens with one attached hydrogen (secondary N) is 1. The highest BCUT2D eigenvalue weighted by molar-refractivity contribution is 7.92. The number of rotatable bonds is 3. The van der Waals surface area contributed by atoms with Gasteiger partial charge in [0.25, 0.3) is 0 Å². The minimum absolute atomic E-state index is 0.0259. The smallest absolute Gasteiger partial charge is 0.236 e. The molecule has 1 saturated heterocycles. The molecule has 2 aliphatic rings. The van der Waals surface area contributed by atoms with Crippen molar-refractivity contribution in [3.05, 3.63) is 63.2 Å². The summed E-state index contributed by atoms with van der Waals surface area (Å²) in [6, 6.07) is 12.1. The topological polar surface area (TPSA) is 70.5 Å². The zero-order valence-electron chi connectivity index (χ0n) is 17.8. The minimum atomic E-state index is -3.56. The lowest BCUT2D eigenvalue weighted by Gasteiger charge is -2.38. The van der Waals surface area contributed by atoms with Crippen molar-refractivity contribution in [1.29, 1.82) is 0 Å². The van der Waals surface area contributed by atoms with Crippen LogP contribution in [-0.4, -0.2) is 62.1 Å². The van der Waals surface area contributed by atoms with E-state index in [1.165, 1.54) is 4.31 Å². The summed E-state index contributed by atoms with van der Waals surface area (Å²) >= 11 is 18.8. The standard InChI is InChI=1S/C22H22Cl3N5O2S/c1-28-22-20(19(13-33(28,31)32)29-10-8-26-9-11-29)27-30(18-7-6-16(24)12-17(18)25)21(22)14-2-4-15(23)5-3-14/h2-7,12,19,26H,8-11,13H2,1H3. The molecule has 7 nitrogen and oxygen atoms in total. The number of hydrogen-bond donors (Lipinski definition) is 1. The van der Waals surface area contributed by atoms with Crippen molar-refractivity contribution in [2.45, 2.75) is 6.04 Å². The van der Waals surface area contributed by atoms with Crippen molar-refractivity contribution in [3.8, 4) is 16.9 Å². The van der Waals surface area contributed by atoms with Gasteiger partial charge in [-0.05, 0) is 30.3 Å². The lowest BCUT2D eigenvalue weighted by Crippen LogP contribution is -2.50. The summed E-state index contributed by atoms with van der Waals surface area (Å²) < 4.78 is 29.6. The summed E-state index contributed by atoms with van der Waals surface area (Å²) in [6.07, 6.45) is 0. The third-order valence-corrected chi connectivity index (χ3v) is 8.69. The Morgan fingerprint density at radius 2 is 1.67 bits per heavy atom. The van der Waals surface area contributed by atoms with Gasteiger partial charge in [0.2, 0.25) is 10.0 Å². The molecule has 0 spiro atoms. The van der Waals surface area contributed by atoms with Gasteiger partial charge in [-0.2, -0.15) is 5.10 Å². The summed E-state index contributed by atoms with van der Waals surface area (Å²) in [7, 11) is -1.98. The first-order valence-corrected chi connectivity index (χ1v) is 13.3. The van der Waals surface area contributed by atoms with Gasteiger partial charge < -0.3 is 5.32 Å². The van der Waals surface area contributed by atoms with E-state index in [0.717, 1.165) is 31.7 Å². The summed E-state index contributed by atoms with van der Waals surface area (Å²) in [4.78, 5) is 2.19. The highest BCUT2D eigenvalue weighted by Crippen LogP contribution is 2.45. The van der Waals surface area contributed by atoms with Gasteiger partial charge in [-0.1, -0.05) is 46.9 Å². The van der Waals surface area contributed by atoms with Crippen LogP contribution in [-0.2, 0) is 10.0 Å². The Labute approximate surface area is 207 Å². The summed E-state index contributed by atoms with van der Waals surface area (Å²) in [6.45, 7) is 3.09. The van der Waals surface area contributed by atoms with Crippen LogP contribution in [0.5, 0.6) is 0 Å². The molecule has 33 heavy (non-hydrogen) atoms.